The Kier molecular flexibility index (Phi) is 5.29. The molecule has 0 spiro atoms. The van der Waals surface area contributed by atoms with Gasteiger partial charge in [0.05, 0.1) is 0 Å². The third-order valence-corrected chi connectivity index (χ3v) is 2.40. The predicted octanol–water partition coefficient (Wildman–Crippen LogP) is 2.08. The highest BCUT2D eigenvalue weighted by molar-refractivity contribution is 5.19. The van der Waals surface area contributed by atoms with Crippen molar-refractivity contribution in [2.24, 2.45) is 0 Å². The third-order valence-electron chi connectivity index (χ3n) is 2.40. The zero-order valence-corrected chi connectivity index (χ0v) is 9.79. The fourth-order valence-corrected chi connectivity index (χ4v) is 1.59. The van der Waals surface area contributed by atoms with Gasteiger partial charge < -0.3 is 10.1 Å². The predicted molar refractivity (Wildman–Crippen MR) is 61.9 cm³/mol. The van der Waals surface area contributed by atoms with E-state index in [9.17, 15) is 0 Å². The van der Waals surface area contributed by atoms with Crippen molar-refractivity contribution < 1.29 is 4.74 Å². The van der Waals surface area contributed by atoms with Gasteiger partial charge in [-0.25, -0.2) is 0 Å². The van der Waals surface area contributed by atoms with Crippen LogP contribution >= 0.6 is 0 Å². The second-order valence-corrected chi connectivity index (χ2v) is 3.62. The van der Waals surface area contributed by atoms with Crippen molar-refractivity contribution in [2.45, 2.75) is 26.3 Å². The highest BCUT2D eigenvalue weighted by Gasteiger charge is 2.08. The molecule has 0 aliphatic rings. The molecule has 1 aromatic rings. The molecule has 15 heavy (non-hydrogen) atoms. The Balaban J connectivity index is 2.57. The first kappa shape index (κ1) is 12.1. The average molecular weight is 208 g/mol. The zero-order chi connectivity index (χ0) is 11.1. The summed E-state index contributed by atoms with van der Waals surface area (Å²) >= 11 is 0. The van der Waals surface area contributed by atoms with Gasteiger partial charge in [0.25, 0.3) is 0 Å². The van der Waals surface area contributed by atoms with Crippen LogP contribution < -0.4 is 5.32 Å². The van der Waals surface area contributed by atoms with Gasteiger partial charge in [-0.05, 0) is 38.4 Å². The second-order valence-electron chi connectivity index (χ2n) is 3.62. The molecule has 0 saturated heterocycles. The lowest BCUT2D eigenvalue weighted by Gasteiger charge is -2.16. The van der Waals surface area contributed by atoms with Crippen LogP contribution in [-0.2, 0) is 4.74 Å². The molecule has 0 amide bonds. The molecule has 1 atom stereocenters. The van der Waals surface area contributed by atoms with Crippen LogP contribution in [-0.4, -0.2) is 25.2 Å². The smallest absolute Gasteiger partial charge is 0.0484 e. The summed E-state index contributed by atoms with van der Waals surface area (Å²) in [6.07, 6.45) is 4.77. The van der Waals surface area contributed by atoms with Crippen molar-refractivity contribution in [3.8, 4) is 0 Å². The molecule has 0 aromatic carbocycles. The number of pyridine rings is 1. The summed E-state index contributed by atoms with van der Waals surface area (Å²) in [5, 5.41) is 3.28. The summed E-state index contributed by atoms with van der Waals surface area (Å²) < 4.78 is 5.36. The Hall–Kier alpha value is -0.930. The number of nitrogens with one attached hydrogen (secondary N) is 1. The fourth-order valence-electron chi connectivity index (χ4n) is 1.59. The number of ether oxygens (including phenoxy) is 1. The zero-order valence-electron chi connectivity index (χ0n) is 9.79. The molecule has 0 radical (unpaired) electrons. The Morgan fingerprint density at radius 1 is 1.47 bits per heavy atom. The first-order valence-corrected chi connectivity index (χ1v) is 5.44. The van der Waals surface area contributed by atoms with Crippen molar-refractivity contribution in [1.29, 1.82) is 0 Å². The van der Waals surface area contributed by atoms with Crippen molar-refractivity contribution in [1.82, 2.24) is 10.3 Å². The number of hydrogen-bond donors (Lipinski definition) is 1. The molecule has 1 unspecified atom stereocenters. The lowest BCUT2D eigenvalue weighted by molar-refractivity contribution is 0.137. The Morgan fingerprint density at radius 3 is 2.87 bits per heavy atom. The number of aryl methyl sites for hydroxylation is 1. The lowest BCUT2D eigenvalue weighted by Crippen LogP contribution is -2.18. The topological polar surface area (TPSA) is 34.1 Å². The van der Waals surface area contributed by atoms with E-state index in [1.807, 2.05) is 26.4 Å². The molecular formula is C12H20N2O. The monoisotopic (exact) mass is 208 g/mol. The van der Waals surface area contributed by atoms with E-state index in [4.69, 9.17) is 4.74 Å². The molecule has 1 aromatic heterocycles. The van der Waals surface area contributed by atoms with E-state index in [2.05, 4.69) is 23.3 Å². The minimum atomic E-state index is 0.337. The molecule has 0 saturated carbocycles. The summed E-state index contributed by atoms with van der Waals surface area (Å²) in [5.41, 5.74) is 2.43. The molecule has 84 valence electrons. The van der Waals surface area contributed by atoms with Gasteiger partial charge in [-0.3, -0.25) is 4.98 Å². The average Bonchev–Trinajstić information content (AvgIpc) is 2.24. The number of aromatic nitrogens is 1. The molecule has 0 bridgehead atoms. The molecule has 0 aliphatic heterocycles. The van der Waals surface area contributed by atoms with Crippen molar-refractivity contribution in [3.05, 3.63) is 29.6 Å². The van der Waals surface area contributed by atoms with Gasteiger partial charge in [0, 0.05) is 31.6 Å². The molecular weight excluding hydrogens is 188 g/mol. The van der Waals surface area contributed by atoms with Crippen LogP contribution in [0.1, 0.15) is 30.5 Å². The molecule has 0 fully saturated rings. The van der Waals surface area contributed by atoms with Crippen LogP contribution in [0.2, 0.25) is 0 Å². The normalized spacial score (nSPS) is 12.7. The maximum Gasteiger partial charge on any atom is 0.0484 e. The Bertz CT molecular complexity index is 289. The van der Waals surface area contributed by atoms with E-state index >= 15 is 0 Å². The van der Waals surface area contributed by atoms with Gasteiger partial charge in [-0.15, -0.1) is 0 Å². The minimum Gasteiger partial charge on any atom is -0.382 e. The third kappa shape index (κ3) is 3.98. The fraction of sp³-hybridized carbons (Fsp3) is 0.583. The minimum absolute atomic E-state index is 0.337. The van der Waals surface area contributed by atoms with Crippen molar-refractivity contribution in [2.75, 3.05) is 20.3 Å². The van der Waals surface area contributed by atoms with E-state index < -0.39 is 0 Å². The van der Waals surface area contributed by atoms with Crippen LogP contribution in [0.3, 0.4) is 0 Å². The maximum absolute atomic E-state index is 5.36. The first-order chi connectivity index (χ1) is 7.27. The first-order valence-electron chi connectivity index (χ1n) is 5.44. The van der Waals surface area contributed by atoms with E-state index in [1.165, 1.54) is 11.1 Å². The molecule has 0 aliphatic carbocycles. The summed E-state index contributed by atoms with van der Waals surface area (Å²) in [5.74, 6) is 0. The summed E-state index contributed by atoms with van der Waals surface area (Å²) in [6.45, 7) is 5.65. The maximum atomic E-state index is 5.36. The van der Waals surface area contributed by atoms with Crippen LogP contribution in [0.4, 0.5) is 0 Å². The van der Waals surface area contributed by atoms with Gasteiger partial charge in [0.2, 0.25) is 0 Å². The van der Waals surface area contributed by atoms with Crippen LogP contribution in [0.25, 0.3) is 0 Å². The molecule has 3 heteroatoms. The molecule has 1 rings (SSSR count). The highest BCUT2D eigenvalue weighted by atomic mass is 16.5. The van der Waals surface area contributed by atoms with Crippen LogP contribution in [0.15, 0.2) is 18.5 Å². The summed E-state index contributed by atoms with van der Waals surface area (Å²) in [7, 11) is 1.97. The van der Waals surface area contributed by atoms with Gasteiger partial charge in [-0.1, -0.05) is 6.07 Å². The molecule has 1 heterocycles. The van der Waals surface area contributed by atoms with E-state index in [0.29, 0.717) is 6.04 Å². The van der Waals surface area contributed by atoms with Gasteiger partial charge in [-0.2, -0.15) is 0 Å². The standard InChI is InChI=1S/C12H20N2O/c1-4-15-6-5-12(13-3)11-7-10(2)8-14-9-11/h7-9,12-13H,4-6H2,1-3H3. The number of hydrogen-bond acceptors (Lipinski definition) is 3. The SMILES string of the molecule is CCOCCC(NC)c1cncc(C)c1. The lowest BCUT2D eigenvalue weighted by atomic mass is 10.1. The second kappa shape index (κ2) is 6.53. The van der Waals surface area contributed by atoms with Crippen molar-refractivity contribution in [3.63, 3.8) is 0 Å². The summed E-state index contributed by atoms with van der Waals surface area (Å²) in [6, 6.07) is 2.50. The van der Waals surface area contributed by atoms with Crippen LogP contribution in [0, 0.1) is 6.92 Å². The number of nitrogens with zero attached hydrogens (tertiary/aromatic N) is 1. The number of rotatable bonds is 6. The van der Waals surface area contributed by atoms with E-state index in [0.717, 1.165) is 19.6 Å². The highest BCUT2D eigenvalue weighted by Crippen LogP contribution is 2.16. The molecule has 1 N–H and O–H groups in total. The van der Waals surface area contributed by atoms with Crippen LogP contribution in [0.5, 0.6) is 0 Å². The largest absolute Gasteiger partial charge is 0.382 e. The Labute approximate surface area is 91.9 Å². The van der Waals surface area contributed by atoms with Gasteiger partial charge in [0.15, 0.2) is 0 Å². The van der Waals surface area contributed by atoms with Crippen molar-refractivity contribution >= 4 is 0 Å². The van der Waals surface area contributed by atoms with Gasteiger partial charge >= 0.3 is 0 Å². The quantitative estimate of drug-likeness (QED) is 0.727. The summed E-state index contributed by atoms with van der Waals surface area (Å²) in [4.78, 5) is 4.20. The molecule has 3 nitrogen and oxygen atoms in total. The van der Waals surface area contributed by atoms with E-state index in [1.54, 1.807) is 0 Å². The van der Waals surface area contributed by atoms with E-state index in [-0.39, 0.29) is 0 Å². The van der Waals surface area contributed by atoms with Gasteiger partial charge in [0.1, 0.15) is 0 Å². The Morgan fingerprint density at radius 2 is 2.27 bits per heavy atom.